The minimum Gasteiger partial charge on any atom is -0.317 e. The lowest BCUT2D eigenvalue weighted by atomic mass is 10.1. The van der Waals surface area contributed by atoms with E-state index in [2.05, 4.69) is 15.6 Å². The molecule has 0 aliphatic heterocycles. The topological polar surface area (TPSA) is 71.1 Å². The first-order valence-corrected chi connectivity index (χ1v) is 7.99. The normalized spacial score (nSPS) is 10.5. The first kappa shape index (κ1) is 16.6. The minimum atomic E-state index is -0.725. The van der Waals surface area contributed by atoms with Crippen molar-refractivity contribution in [2.75, 3.05) is 10.6 Å². The zero-order chi connectivity index (χ0) is 18.0. The summed E-state index contributed by atoms with van der Waals surface area (Å²) in [4.78, 5) is 28.9. The number of pyridine rings is 1. The number of para-hydroxylation sites is 1. The van der Waals surface area contributed by atoms with E-state index in [1.165, 1.54) is 0 Å². The SMILES string of the molecule is Cc1cc(C)c(NC(=O)C(=O)Nc2cccc3cccnc23)c(C)c1. The van der Waals surface area contributed by atoms with Crippen LogP contribution in [0.25, 0.3) is 10.9 Å². The van der Waals surface area contributed by atoms with Crippen molar-refractivity contribution < 1.29 is 9.59 Å². The van der Waals surface area contributed by atoms with Crippen LogP contribution >= 0.6 is 0 Å². The number of hydrogen-bond acceptors (Lipinski definition) is 3. The quantitative estimate of drug-likeness (QED) is 0.702. The molecule has 2 amide bonds. The number of rotatable bonds is 2. The van der Waals surface area contributed by atoms with Gasteiger partial charge in [-0.3, -0.25) is 14.6 Å². The number of amides is 2. The number of fused-ring (bicyclic) bond motifs is 1. The maximum Gasteiger partial charge on any atom is 0.314 e. The van der Waals surface area contributed by atoms with Crippen molar-refractivity contribution in [3.05, 3.63) is 65.4 Å². The summed E-state index contributed by atoms with van der Waals surface area (Å²) in [5.74, 6) is -1.43. The standard InChI is InChI=1S/C20H19N3O2/c1-12-10-13(2)17(14(3)11-12)23-20(25)19(24)22-16-8-4-6-15-7-5-9-21-18(15)16/h4-11H,1-3H3,(H,22,24)(H,23,25). The summed E-state index contributed by atoms with van der Waals surface area (Å²) in [5.41, 5.74) is 4.78. The van der Waals surface area contributed by atoms with Crippen LogP contribution in [0.5, 0.6) is 0 Å². The van der Waals surface area contributed by atoms with Gasteiger partial charge in [-0.15, -0.1) is 0 Å². The number of carbonyl (C=O) groups excluding carboxylic acids is 2. The molecule has 0 radical (unpaired) electrons. The van der Waals surface area contributed by atoms with E-state index in [-0.39, 0.29) is 0 Å². The lowest BCUT2D eigenvalue weighted by Crippen LogP contribution is -2.29. The summed E-state index contributed by atoms with van der Waals surface area (Å²) in [6, 6.07) is 13.1. The fourth-order valence-corrected chi connectivity index (χ4v) is 2.93. The van der Waals surface area contributed by atoms with Gasteiger partial charge in [0.25, 0.3) is 0 Å². The molecule has 5 nitrogen and oxygen atoms in total. The average Bonchev–Trinajstić information content (AvgIpc) is 2.58. The van der Waals surface area contributed by atoms with Crippen molar-refractivity contribution in [3.8, 4) is 0 Å². The third-order valence-electron chi connectivity index (χ3n) is 4.00. The monoisotopic (exact) mass is 333 g/mol. The van der Waals surface area contributed by atoms with Crippen molar-refractivity contribution in [1.82, 2.24) is 4.98 Å². The molecule has 1 aromatic heterocycles. The smallest absolute Gasteiger partial charge is 0.314 e. The molecule has 2 N–H and O–H groups in total. The Labute approximate surface area is 146 Å². The number of nitrogens with one attached hydrogen (secondary N) is 2. The Bertz CT molecular complexity index is 951. The molecule has 25 heavy (non-hydrogen) atoms. The first-order valence-electron chi connectivity index (χ1n) is 7.99. The van der Waals surface area contributed by atoms with Gasteiger partial charge in [-0.1, -0.05) is 35.9 Å². The van der Waals surface area contributed by atoms with Crippen molar-refractivity contribution in [3.63, 3.8) is 0 Å². The van der Waals surface area contributed by atoms with Crippen LogP contribution in [0.1, 0.15) is 16.7 Å². The zero-order valence-electron chi connectivity index (χ0n) is 14.4. The maximum atomic E-state index is 12.3. The van der Waals surface area contributed by atoms with Gasteiger partial charge in [-0.2, -0.15) is 0 Å². The lowest BCUT2D eigenvalue weighted by Gasteiger charge is -2.13. The molecule has 0 aliphatic rings. The number of nitrogens with zero attached hydrogens (tertiary/aromatic N) is 1. The van der Waals surface area contributed by atoms with E-state index >= 15 is 0 Å². The summed E-state index contributed by atoms with van der Waals surface area (Å²) in [6.45, 7) is 5.80. The summed E-state index contributed by atoms with van der Waals surface area (Å²) >= 11 is 0. The number of aromatic nitrogens is 1. The second kappa shape index (κ2) is 6.73. The molecule has 0 fully saturated rings. The highest BCUT2D eigenvalue weighted by Gasteiger charge is 2.17. The Kier molecular flexibility index (Phi) is 4.48. The van der Waals surface area contributed by atoms with E-state index in [0.29, 0.717) is 16.9 Å². The molecular weight excluding hydrogens is 314 g/mol. The van der Waals surface area contributed by atoms with E-state index in [9.17, 15) is 9.59 Å². The van der Waals surface area contributed by atoms with Gasteiger partial charge >= 0.3 is 11.8 Å². The van der Waals surface area contributed by atoms with E-state index in [1.807, 2.05) is 57.2 Å². The summed E-state index contributed by atoms with van der Waals surface area (Å²) in [7, 11) is 0. The Morgan fingerprint density at radius 3 is 2.24 bits per heavy atom. The van der Waals surface area contributed by atoms with Crippen LogP contribution in [0.2, 0.25) is 0 Å². The third kappa shape index (κ3) is 3.50. The molecule has 0 unspecified atom stereocenters. The predicted octanol–water partition coefficient (Wildman–Crippen LogP) is 3.74. The second-order valence-corrected chi connectivity index (χ2v) is 6.06. The van der Waals surface area contributed by atoms with E-state index in [1.54, 1.807) is 12.3 Å². The van der Waals surface area contributed by atoms with Gasteiger partial charge in [0.15, 0.2) is 0 Å². The first-order chi connectivity index (χ1) is 12.0. The van der Waals surface area contributed by atoms with Crippen LogP contribution in [0.3, 0.4) is 0 Å². The predicted molar refractivity (Wildman–Crippen MR) is 99.7 cm³/mol. The number of carbonyl (C=O) groups is 2. The lowest BCUT2D eigenvalue weighted by molar-refractivity contribution is -0.132. The number of anilines is 2. The Hall–Kier alpha value is -3.21. The highest BCUT2D eigenvalue weighted by atomic mass is 16.2. The molecule has 2 aromatic carbocycles. The zero-order valence-corrected chi connectivity index (χ0v) is 14.4. The van der Waals surface area contributed by atoms with Crippen LogP contribution < -0.4 is 10.6 Å². The fraction of sp³-hybridized carbons (Fsp3) is 0.150. The largest absolute Gasteiger partial charge is 0.317 e. The van der Waals surface area contributed by atoms with Gasteiger partial charge in [-0.25, -0.2) is 0 Å². The van der Waals surface area contributed by atoms with Gasteiger partial charge in [0.1, 0.15) is 0 Å². The van der Waals surface area contributed by atoms with Crippen LogP contribution in [0, 0.1) is 20.8 Å². The van der Waals surface area contributed by atoms with Gasteiger partial charge in [0.2, 0.25) is 0 Å². The second-order valence-electron chi connectivity index (χ2n) is 6.06. The van der Waals surface area contributed by atoms with Crippen LogP contribution in [0.15, 0.2) is 48.7 Å². The molecule has 0 bridgehead atoms. The number of benzene rings is 2. The molecule has 0 spiro atoms. The molecule has 1 heterocycles. The van der Waals surface area contributed by atoms with Gasteiger partial charge in [-0.05, 0) is 44.0 Å². The van der Waals surface area contributed by atoms with Gasteiger partial charge in [0, 0.05) is 17.3 Å². The van der Waals surface area contributed by atoms with E-state index < -0.39 is 11.8 Å². The molecule has 0 aliphatic carbocycles. The van der Waals surface area contributed by atoms with Crippen molar-refractivity contribution in [1.29, 1.82) is 0 Å². The van der Waals surface area contributed by atoms with Crippen LogP contribution in [-0.4, -0.2) is 16.8 Å². The summed E-state index contributed by atoms with van der Waals surface area (Å²) in [6.07, 6.45) is 1.65. The Morgan fingerprint density at radius 1 is 0.880 bits per heavy atom. The van der Waals surface area contributed by atoms with Crippen LogP contribution in [-0.2, 0) is 9.59 Å². The van der Waals surface area contributed by atoms with Crippen molar-refractivity contribution >= 4 is 34.1 Å². The van der Waals surface area contributed by atoms with E-state index in [4.69, 9.17) is 0 Å². The highest BCUT2D eigenvalue weighted by Crippen LogP contribution is 2.23. The average molecular weight is 333 g/mol. The summed E-state index contributed by atoms with van der Waals surface area (Å²) in [5, 5.41) is 6.24. The fourth-order valence-electron chi connectivity index (χ4n) is 2.93. The summed E-state index contributed by atoms with van der Waals surface area (Å²) < 4.78 is 0. The molecule has 0 saturated carbocycles. The van der Waals surface area contributed by atoms with Crippen LogP contribution in [0.4, 0.5) is 11.4 Å². The van der Waals surface area contributed by atoms with E-state index in [0.717, 1.165) is 22.1 Å². The Balaban J connectivity index is 1.81. The molecule has 3 rings (SSSR count). The van der Waals surface area contributed by atoms with Gasteiger partial charge in [0.05, 0.1) is 11.2 Å². The maximum absolute atomic E-state index is 12.3. The molecule has 0 atom stereocenters. The molecule has 0 saturated heterocycles. The molecule has 126 valence electrons. The third-order valence-corrected chi connectivity index (χ3v) is 4.00. The van der Waals surface area contributed by atoms with Gasteiger partial charge < -0.3 is 10.6 Å². The molecular formula is C20H19N3O2. The molecule has 3 aromatic rings. The van der Waals surface area contributed by atoms with Crippen molar-refractivity contribution in [2.24, 2.45) is 0 Å². The molecule has 5 heteroatoms. The highest BCUT2D eigenvalue weighted by molar-refractivity contribution is 6.44. The number of aryl methyl sites for hydroxylation is 3. The minimum absolute atomic E-state index is 0.510. The Morgan fingerprint density at radius 2 is 1.52 bits per heavy atom. The van der Waals surface area contributed by atoms with Crippen molar-refractivity contribution in [2.45, 2.75) is 20.8 Å². The number of hydrogen-bond donors (Lipinski definition) is 2.